The van der Waals surface area contributed by atoms with E-state index in [4.69, 9.17) is 0 Å². The summed E-state index contributed by atoms with van der Waals surface area (Å²) in [5, 5.41) is 6.57. The first-order valence-electron chi connectivity index (χ1n) is 4.18. The van der Waals surface area contributed by atoms with Crippen molar-refractivity contribution in [1.29, 1.82) is 0 Å². The molecule has 0 radical (unpaired) electrons. The van der Waals surface area contributed by atoms with Gasteiger partial charge >= 0.3 is 0 Å². The molecule has 0 aliphatic carbocycles. The third kappa shape index (κ3) is 2.93. The largest absolute Gasteiger partial charge is 0.387 e. The second-order valence-electron chi connectivity index (χ2n) is 3.11. The van der Waals surface area contributed by atoms with Crippen LogP contribution in [0.15, 0.2) is 11.8 Å². The second kappa shape index (κ2) is 4.39. The molecule has 0 saturated carbocycles. The topological polar surface area (TPSA) is 24.1 Å². The highest BCUT2D eigenvalue weighted by atomic mass is 15.0. The van der Waals surface area contributed by atoms with E-state index in [0.717, 1.165) is 6.54 Å². The lowest BCUT2D eigenvalue weighted by atomic mass is 10.0. The molecule has 0 fully saturated rings. The first kappa shape index (κ1) is 10.5. The maximum Gasteiger partial charge on any atom is 0.0520 e. The van der Waals surface area contributed by atoms with Crippen molar-refractivity contribution in [2.24, 2.45) is 0 Å². The van der Waals surface area contributed by atoms with Gasteiger partial charge in [-0.05, 0) is 34.7 Å². The molecule has 0 aliphatic heterocycles. The number of likely N-dealkylation sites (N-methyl/N-ethyl adjacent to an activating group) is 2. The van der Waals surface area contributed by atoms with Crippen molar-refractivity contribution in [3.05, 3.63) is 11.8 Å². The predicted molar refractivity (Wildman–Crippen MR) is 50.6 cm³/mol. The minimum absolute atomic E-state index is 0.0603. The van der Waals surface area contributed by atoms with E-state index in [1.54, 1.807) is 0 Å². The molecule has 0 unspecified atom stereocenters. The minimum atomic E-state index is 0.0603. The quantitative estimate of drug-likeness (QED) is 0.644. The Bertz CT molecular complexity index is 136. The monoisotopic (exact) mass is 156 g/mol. The van der Waals surface area contributed by atoms with E-state index in [9.17, 15) is 0 Å². The molecule has 2 heteroatoms. The molecule has 0 aromatic carbocycles. The van der Waals surface area contributed by atoms with Crippen molar-refractivity contribution in [1.82, 2.24) is 10.6 Å². The standard InChI is InChI=1S/C9H20N2/c1-6-8(11-7-2)9(3,4)10-5/h6,10-11H,7H2,1-5H3/b8-6+. The van der Waals surface area contributed by atoms with Gasteiger partial charge in [0, 0.05) is 12.2 Å². The highest BCUT2D eigenvalue weighted by Gasteiger charge is 2.18. The van der Waals surface area contributed by atoms with Gasteiger partial charge in [0.05, 0.1) is 5.54 Å². The van der Waals surface area contributed by atoms with Crippen LogP contribution in [0.3, 0.4) is 0 Å². The van der Waals surface area contributed by atoms with Gasteiger partial charge < -0.3 is 10.6 Å². The molecule has 0 rings (SSSR count). The second-order valence-corrected chi connectivity index (χ2v) is 3.11. The summed E-state index contributed by atoms with van der Waals surface area (Å²) < 4.78 is 0. The van der Waals surface area contributed by atoms with E-state index in [2.05, 4.69) is 44.4 Å². The Kier molecular flexibility index (Phi) is 4.19. The van der Waals surface area contributed by atoms with Gasteiger partial charge in [-0.25, -0.2) is 0 Å². The molecule has 0 saturated heterocycles. The summed E-state index contributed by atoms with van der Waals surface area (Å²) in [6.07, 6.45) is 2.11. The van der Waals surface area contributed by atoms with Gasteiger partial charge in [-0.3, -0.25) is 0 Å². The van der Waals surface area contributed by atoms with Crippen LogP contribution in [0.4, 0.5) is 0 Å². The molecule has 0 heterocycles. The van der Waals surface area contributed by atoms with Gasteiger partial charge in [0.15, 0.2) is 0 Å². The number of allylic oxidation sites excluding steroid dienone is 1. The molecular weight excluding hydrogens is 136 g/mol. The third-order valence-corrected chi connectivity index (χ3v) is 1.95. The van der Waals surface area contributed by atoms with Crippen LogP contribution in [0.2, 0.25) is 0 Å². The first-order valence-corrected chi connectivity index (χ1v) is 4.18. The van der Waals surface area contributed by atoms with Crippen molar-refractivity contribution in [3.8, 4) is 0 Å². The van der Waals surface area contributed by atoms with E-state index >= 15 is 0 Å². The number of nitrogens with one attached hydrogen (secondary N) is 2. The summed E-state index contributed by atoms with van der Waals surface area (Å²) in [6, 6.07) is 0. The minimum Gasteiger partial charge on any atom is -0.387 e. The Labute approximate surface area is 70.1 Å². The summed E-state index contributed by atoms with van der Waals surface area (Å²) >= 11 is 0. The van der Waals surface area contributed by atoms with Crippen LogP contribution in [-0.2, 0) is 0 Å². The molecule has 0 aromatic heterocycles. The molecule has 0 spiro atoms. The van der Waals surface area contributed by atoms with E-state index in [0.29, 0.717) is 0 Å². The van der Waals surface area contributed by atoms with Gasteiger partial charge in [-0.15, -0.1) is 0 Å². The highest BCUT2D eigenvalue weighted by molar-refractivity contribution is 5.13. The zero-order valence-electron chi connectivity index (χ0n) is 8.28. The molecule has 0 bridgehead atoms. The third-order valence-electron chi connectivity index (χ3n) is 1.95. The van der Waals surface area contributed by atoms with Crippen molar-refractivity contribution in [3.63, 3.8) is 0 Å². The fraction of sp³-hybridized carbons (Fsp3) is 0.778. The smallest absolute Gasteiger partial charge is 0.0520 e. The molecule has 0 atom stereocenters. The zero-order chi connectivity index (χ0) is 8.91. The van der Waals surface area contributed by atoms with Crippen molar-refractivity contribution in [2.45, 2.75) is 33.2 Å². The molecule has 0 amide bonds. The zero-order valence-corrected chi connectivity index (χ0v) is 8.28. The van der Waals surface area contributed by atoms with E-state index < -0.39 is 0 Å². The number of hydrogen-bond acceptors (Lipinski definition) is 2. The first-order chi connectivity index (χ1) is 5.08. The van der Waals surface area contributed by atoms with E-state index in [1.165, 1.54) is 5.70 Å². The molecule has 0 aliphatic rings. The van der Waals surface area contributed by atoms with Crippen LogP contribution in [0.1, 0.15) is 27.7 Å². The fourth-order valence-electron chi connectivity index (χ4n) is 1.01. The fourth-order valence-corrected chi connectivity index (χ4v) is 1.01. The average Bonchev–Trinajstić information content (AvgIpc) is 2.00. The molecule has 66 valence electrons. The Morgan fingerprint density at radius 3 is 2.27 bits per heavy atom. The van der Waals surface area contributed by atoms with Gasteiger partial charge in [0.2, 0.25) is 0 Å². The predicted octanol–water partition coefficient (Wildman–Crippen LogP) is 1.50. The van der Waals surface area contributed by atoms with E-state index in [1.807, 2.05) is 7.05 Å². The Balaban J connectivity index is 4.25. The van der Waals surface area contributed by atoms with Gasteiger partial charge in [0.25, 0.3) is 0 Å². The summed E-state index contributed by atoms with van der Waals surface area (Å²) in [5.41, 5.74) is 1.31. The normalized spacial score (nSPS) is 13.4. The van der Waals surface area contributed by atoms with Gasteiger partial charge in [0.1, 0.15) is 0 Å². The van der Waals surface area contributed by atoms with E-state index in [-0.39, 0.29) is 5.54 Å². The Morgan fingerprint density at radius 1 is 1.45 bits per heavy atom. The summed E-state index contributed by atoms with van der Waals surface area (Å²) in [7, 11) is 1.97. The molecule has 2 N–H and O–H groups in total. The van der Waals surface area contributed by atoms with Crippen LogP contribution in [-0.4, -0.2) is 19.1 Å². The lowest BCUT2D eigenvalue weighted by Gasteiger charge is -2.28. The highest BCUT2D eigenvalue weighted by Crippen LogP contribution is 2.11. The average molecular weight is 156 g/mol. The van der Waals surface area contributed by atoms with Crippen molar-refractivity contribution < 1.29 is 0 Å². The maximum absolute atomic E-state index is 3.32. The molecule has 2 nitrogen and oxygen atoms in total. The molecule has 11 heavy (non-hydrogen) atoms. The van der Waals surface area contributed by atoms with Crippen LogP contribution >= 0.6 is 0 Å². The van der Waals surface area contributed by atoms with Crippen LogP contribution in [0.25, 0.3) is 0 Å². The summed E-state index contributed by atoms with van der Waals surface area (Å²) in [5.74, 6) is 0. The lowest BCUT2D eigenvalue weighted by Crippen LogP contribution is -2.43. The van der Waals surface area contributed by atoms with Crippen molar-refractivity contribution >= 4 is 0 Å². The number of hydrogen-bond donors (Lipinski definition) is 2. The maximum atomic E-state index is 3.32. The number of rotatable bonds is 4. The lowest BCUT2D eigenvalue weighted by molar-refractivity contribution is 0.464. The van der Waals surface area contributed by atoms with Crippen LogP contribution < -0.4 is 10.6 Å². The van der Waals surface area contributed by atoms with Crippen LogP contribution in [0.5, 0.6) is 0 Å². The summed E-state index contributed by atoms with van der Waals surface area (Å²) in [4.78, 5) is 0. The molecule has 0 aromatic rings. The SMILES string of the molecule is C/C=C(/NCC)C(C)(C)NC. The van der Waals surface area contributed by atoms with Gasteiger partial charge in [-0.1, -0.05) is 6.08 Å². The van der Waals surface area contributed by atoms with Gasteiger partial charge in [-0.2, -0.15) is 0 Å². The Morgan fingerprint density at radius 2 is 2.00 bits per heavy atom. The van der Waals surface area contributed by atoms with Crippen LogP contribution in [0, 0.1) is 0 Å². The molecular formula is C9H20N2. The Hall–Kier alpha value is -0.500. The summed E-state index contributed by atoms with van der Waals surface area (Å²) in [6.45, 7) is 9.45. The van der Waals surface area contributed by atoms with Crippen molar-refractivity contribution in [2.75, 3.05) is 13.6 Å².